The van der Waals surface area contributed by atoms with Crippen molar-refractivity contribution >= 4 is 77.2 Å². The molecule has 0 spiro atoms. The van der Waals surface area contributed by atoms with E-state index in [1.54, 1.807) is 0 Å². The Balaban J connectivity index is 0. The fraction of sp³-hybridized carbons (Fsp3) is 0. The molecule has 0 aromatic heterocycles. The van der Waals surface area contributed by atoms with Crippen molar-refractivity contribution in [2.45, 2.75) is 0 Å². The Morgan fingerprint density at radius 3 is 1.00 bits per heavy atom. The van der Waals surface area contributed by atoms with Gasteiger partial charge in [-0.25, -0.2) is 0 Å². The predicted octanol–water partition coefficient (Wildman–Crippen LogP) is -1.59. The fourth-order valence-electron chi connectivity index (χ4n) is 0. The van der Waals surface area contributed by atoms with Crippen LogP contribution in [0.5, 0.6) is 0 Å². The first-order valence-electron chi connectivity index (χ1n) is 0. The van der Waals surface area contributed by atoms with Crippen LogP contribution in [0.25, 0.3) is 0 Å². The van der Waals surface area contributed by atoms with Gasteiger partial charge < -0.3 is 5.48 Å². The van der Waals surface area contributed by atoms with E-state index in [-0.39, 0.29) is 102 Å². The van der Waals surface area contributed by atoms with Crippen LogP contribution in [-0.4, -0.2) is 82.7 Å². The Morgan fingerprint density at radius 1 is 1.00 bits per heavy atom. The van der Waals surface area contributed by atoms with Gasteiger partial charge in [0.1, 0.15) is 0 Å². The summed E-state index contributed by atoms with van der Waals surface area (Å²) < 4.78 is 0. The number of hydrogen-bond acceptors (Lipinski definition) is 0. The summed E-state index contributed by atoms with van der Waals surface area (Å²) >= 11 is 0. The quantitative estimate of drug-likeness (QED) is 0.455. The molecule has 0 aromatic carbocycles. The molecule has 0 heterocycles. The molecule has 1 nitrogen and oxygen atoms in total. The van der Waals surface area contributed by atoms with E-state index in [4.69, 9.17) is 0 Å². The van der Waals surface area contributed by atoms with Crippen LogP contribution >= 0.6 is 0 Å². The summed E-state index contributed by atoms with van der Waals surface area (Å²) in [4.78, 5) is 0. The van der Waals surface area contributed by atoms with E-state index >= 15 is 0 Å². The van der Waals surface area contributed by atoms with Crippen molar-refractivity contribution < 1.29 is 25.0 Å². The molecule has 4 heavy (non-hydrogen) atoms. The van der Waals surface area contributed by atoms with Crippen molar-refractivity contribution in [2.75, 3.05) is 0 Å². The third-order valence-electron chi connectivity index (χ3n) is 0. The largest absolute Gasteiger partial charge is 0.412 e. The SMILES string of the molecule is O.[In].[K].[Zn]. The van der Waals surface area contributed by atoms with E-state index < -0.39 is 0 Å². The molecule has 0 fully saturated rings. The zero-order valence-electron chi connectivity index (χ0n) is 2.78. The van der Waals surface area contributed by atoms with Crippen molar-refractivity contribution in [3.8, 4) is 0 Å². The molecule has 0 amide bonds. The summed E-state index contributed by atoms with van der Waals surface area (Å²) in [5.41, 5.74) is 0. The van der Waals surface area contributed by atoms with Gasteiger partial charge in [0, 0.05) is 96.7 Å². The zero-order valence-corrected chi connectivity index (χ0v) is 12.2. The van der Waals surface area contributed by atoms with Gasteiger partial charge in [0.05, 0.1) is 0 Å². The van der Waals surface area contributed by atoms with E-state index in [0.717, 1.165) is 0 Å². The molecule has 0 aromatic rings. The second kappa shape index (κ2) is 16.5. The molecular weight excluding hydrogens is 235 g/mol. The van der Waals surface area contributed by atoms with Crippen LogP contribution in [0.2, 0.25) is 0 Å². The minimum Gasteiger partial charge on any atom is -0.412 e. The minimum atomic E-state index is 0. The second-order valence-corrected chi connectivity index (χ2v) is 0. The number of rotatable bonds is 0. The first-order chi connectivity index (χ1) is 0. The average Bonchev–Trinajstić information content (AvgIpc) is 0. The molecule has 14 valence electrons. The van der Waals surface area contributed by atoms with Gasteiger partial charge in [-0.15, -0.1) is 0 Å². The van der Waals surface area contributed by atoms with Crippen LogP contribution in [0.15, 0.2) is 0 Å². The molecule has 4 radical (unpaired) electrons. The first-order valence-corrected chi connectivity index (χ1v) is 0. The van der Waals surface area contributed by atoms with Crippen LogP contribution in [0.3, 0.4) is 0 Å². The summed E-state index contributed by atoms with van der Waals surface area (Å²) in [5, 5.41) is 0. The van der Waals surface area contributed by atoms with E-state index in [1.165, 1.54) is 0 Å². The zero-order chi connectivity index (χ0) is 0. The Bertz CT molecular complexity index is 8.00. The van der Waals surface area contributed by atoms with Gasteiger partial charge in [-0.1, -0.05) is 0 Å². The maximum Gasteiger partial charge on any atom is 0 e. The average molecular weight is 237 g/mol. The van der Waals surface area contributed by atoms with Crippen LogP contribution in [-0.2, 0) is 19.5 Å². The molecule has 4 heteroatoms. The van der Waals surface area contributed by atoms with Gasteiger partial charge in [-0.2, -0.15) is 0 Å². The molecule has 0 aliphatic rings. The topological polar surface area (TPSA) is 31.5 Å². The molecule has 0 saturated heterocycles. The summed E-state index contributed by atoms with van der Waals surface area (Å²) in [6.07, 6.45) is 0. The Labute approximate surface area is 99.6 Å². The summed E-state index contributed by atoms with van der Waals surface area (Å²) in [6, 6.07) is 0. The van der Waals surface area contributed by atoms with E-state index in [1.807, 2.05) is 0 Å². The van der Waals surface area contributed by atoms with E-state index in [0.29, 0.717) is 0 Å². The molecule has 0 aliphatic carbocycles. The second-order valence-electron chi connectivity index (χ2n) is 0. The Morgan fingerprint density at radius 2 is 1.00 bits per heavy atom. The van der Waals surface area contributed by atoms with Crippen molar-refractivity contribution in [1.82, 2.24) is 0 Å². The van der Waals surface area contributed by atoms with Gasteiger partial charge in [-0.3, -0.25) is 0 Å². The standard InChI is InChI=1S/In.K.H2O.Zn/h;;1H2;. The van der Waals surface area contributed by atoms with Crippen molar-refractivity contribution in [3.63, 3.8) is 0 Å². The molecule has 0 unspecified atom stereocenters. The molecule has 0 atom stereocenters. The van der Waals surface area contributed by atoms with Gasteiger partial charge >= 0.3 is 0 Å². The van der Waals surface area contributed by atoms with Gasteiger partial charge in [0.2, 0.25) is 0 Å². The van der Waals surface area contributed by atoms with Crippen LogP contribution in [0.4, 0.5) is 0 Å². The third-order valence-corrected chi connectivity index (χ3v) is 0. The van der Waals surface area contributed by atoms with Gasteiger partial charge in [-0.05, 0) is 0 Å². The minimum absolute atomic E-state index is 0. The van der Waals surface area contributed by atoms with Gasteiger partial charge in [0.25, 0.3) is 0 Å². The van der Waals surface area contributed by atoms with Crippen molar-refractivity contribution in [3.05, 3.63) is 0 Å². The van der Waals surface area contributed by atoms with Crippen LogP contribution < -0.4 is 0 Å². The smallest absolute Gasteiger partial charge is 0 e. The molecule has 0 rings (SSSR count). The van der Waals surface area contributed by atoms with Gasteiger partial charge in [0.15, 0.2) is 0 Å². The molecule has 0 saturated carbocycles. The molecule has 2 N–H and O–H groups in total. The summed E-state index contributed by atoms with van der Waals surface area (Å²) in [5.74, 6) is 0. The molecular formula is H2InKOZn. The van der Waals surface area contributed by atoms with Crippen molar-refractivity contribution in [1.29, 1.82) is 0 Å². The third kappa shape index (κ3) is 8.92. The predicted molar refractivity (Wildman–Crippen MR) is 15.1 cm³/mol. The maximum atomic E-state index is 0. The normalized spacial score (nSPS) is 0. The monoisotopic (exact) mass is 236 g/mol. The fourth-order valence-corrected chi connectivity index (χ4v) is 0. The molecule has 0 bridgehead atoms. The van der Waals surface area contributed by atoms with Crippen molar-refractivity contribution in [2.24, 2.45) is 0 Å². The summed E-state index contributed by atoms with van der Waals surface area (Å²) in [6.45, 7) is 0. The van der Waals surface area contributed by atoms with E-state index in [2.05, 4.69) is 0 Å². The Kier molecular flexibility index (Phi) is 114. The first kappa shape index (κ1) is 27.5. The summed E-state index contributed by atoms with van der Waals surface area (Å²) in [7, 11) is 0. The van der Waals surface area contributed by atoms with Crippen LogP contribution in [0, 0.1) is 0 Å². The Hall–Kier alpha value is 3.09. The molecule has 0 aliphatic heterocycles. The number of hydrogen-bond donors (Lipinski definition) is 0. The van der Waals surface area contributed by atoms with E-state index in [9.17, 15) is 0 Å². The van der Waals surface area contributed by atoms with Crippen LogP contribution in [0.1, 0.15) is 0 Å². The maximum absolute atomic E-state index is 0.